The van der Waals surface area contributed by atoms with Gasteiger partial charge in [-0.15, -0.1) is 0 Å². The number of piperazine rings is 2. The van der Waals surface area contributed by atoms with Gasteiger partial charge in [0.1, 0.15) is 29.8 Å². The Hall–Kier alpha value is -2.92. The molecule has 2 saturated heterocycles. The molecule has 0 aliphatic carbocycles. The van der Waals surface area contributed by atoms with E-state index < -0.39 is 5.82 Å². The molecule has 0 bridgehead atoms. The van der Waals surface area contributed by atoms with E-state index in [1.165, 1.54) is 6.07 Å². The van der Waals surface area contributed by atoms with E-state index in [2.05, 4.69) is 42.7 Å². The highest BCUT2D eigenvalue weighted by Crippen LogP contribution is 2.23. The molecule has 28 heavy (non-hydrogen) atoms. The minimum absolute atomic E-state index is 0.0832. The molecule has 8 heteroatoms. The van der Waals surface area contributed by atoms with E-state index in [0.29, 0.717) is 0 Å². The molecular formula is C20H24FN7. The molecular weight excluding hydrogens is 357 g/mol. The van der Waals surface area contributed by atoms with Crippen molar-refractivity contribution in [2.45, 2.75) is 0 Å². The first-order valence-corrected chi connectivity index (χ1v) is 9.59. The van der Waals surface area contributed by atoms with Gasteiger partial charge in [-0.05, 0) is 25.2 Å². The summed E-state index contributed by atoms with van der Waals surface area (Å²) in [7, 11) is 2.14. The van der Waals surface area contributed by atoms with Crippen LogP contribution in [0.15, 0.2) is 30.6 Å². The van der Waals surface area contributed by atoms with Gasteiger partial charge in [-0.1, -0.05) is 0 Å². The van der Waals surface area contributed by atoms with Gasteiger partial charge in [-0.2, -0.15) is 5.26 Å². The Kier molecular flexibility index (Phi) is 5.26. The lowest BCUT2D eigenvalue weighted by Gasteiger charge is -2.37. The predicted octanol–water partition coefficient (Wildman–Crippen LogP) is 1.57. The van der Waals surface area contributed by atoms with Gasteiger partial charge in [0, 0.05) is 64.1 Å². The summed E-state index contributed by atoms with van der Waals surface area (Å²) in [5.41, 5.74) is 0.900. The first-order valence-electron chi connectivity index (χ1n) is 9.59. The third kappa shape index (κ3) is 3.85. The van der Waals surface area contributed by atoms with Crippen molar-refractivity contribution in [3.05, 3.63) is 42.0 Å². The van der Waals surface area contributed by atoms with Crippen LogP contribution in [0.3, 0.4) is 0 Å². The van der Waals surface area contributed by atoms with E-state index in [-0.39, 0.29) is 5.56 Å². The van der Waals surface area contributed by atoms with Gasteiger partial charge in [-0.3, -0.25) is 0 Å². The minimum atomic E-state index is -0.463. The summed E-state index contributed by atoms with van der Waals surface area (Å²) >= 11 is 0. The third-order valence-electron chi connectivity index (χ3n) is 5.51. The van der Waals surface area contributed by atoms with Crippen LogP contribution in [0.4, 0.5) is 21.7 Å². The molecule has 4 rings (SSSR count). The summed E-state index contributed by atoms with van der Waals surface area (Å²) in [6.45, 7) is 7.20. The number of halogens is 1. The van der Waals surface area contributed by atoms with E-state index >= 15 is 0 Å². The third-order valence-corrected chi connectivity index (χ3v) is 5.51. The van der Waals surface area contributed by atoms with E-state index in [0.717, 1.165) is 69.7 Å². The van der Waals surface area contributed by atoms with Crippen LogP contribution in [0.25, 0.3) is 0 Å². The van der Waals surface area contributed by atoms with Crippen LogP contribution >= 0.6 is 0 Å². The minimum Gasteiger partial charge on any atom is -0.368 e. The summed E-state index contributed by atoms with van der Waals surface area (Å²) in [5.74, 6) is 1.46. The number of benzene rings is 1. The zero-order valence-electron chi connectivity index (χ0n) is 16.1. The quantitative estimate of drug-likeness (QED) is 0.800. The summed E-state index contributed by atoms with van der Waals surface area (Å²) < 4.78 is 13.9. The Bertz CT molecular complexity index is 865. The van der Waals surface area contributed by atoms with Crippen molar-refractivity contribution in [3.8, 4) is 6.07 Å². The van der Waals surface area contributed by atoms with Gasteiger partial charge in [-0.25, -0.2) is 14.4 Å². The zero-order valence-corrected chi connectivity index (χ0v) is 16.1. The summed E-state index contributed by atoms with van der Waals surface area (Å²) in [5, 5.41) is 8.88. The van der Waals surface area contributed by atoms with E-state index in [1.54, 1.807) is 12.4 Å². The van der Waals surface area contributed by atoms with Crippen molar-refractivity contribution in [2.24, 2.45) is 0 Å². The second-order valence-corrected chi connectivity index (χ2v) is 7.27. The average Bonchev–Trinajstić information content (AvgIpc) is 2.74. The fraction of sp³-hybridized carbons (Fsp3) is 0.450. The highest BCUT2D eigenvalue weighted by Gasteiger charge is 2.21. The van der Waals surface area contributed by atoms with Gasteiger partial charge in [0.05, 0.1) is 5.56 Å². The number of nitrogens with zero attached hydrogens (tertiary/aromatic N) is 7. The number of anilines is 3. The summed E-state index contributed by atoms with van der Waals surface area (Å²) in [6, 6.07) is 8.75. The predicted molar refractivity (Wildman–Crippen MR) is 107 cm³/mol. The van der Waals surface area contributed by atoms with Gasteiger partial charge in [0.25, 0.3) is 0 Å². The molecule has 0 radical (unpaired) electrons. The molecule has 0 spiro atoms. The monoisotopic (exact) mass is 381 g/mol. The van der Waals surface area contributed by atoms with Gasteiger partial charge in [0.15, 0.2) is 0 Å². The molecule has 3 heterocycles. The van der Waals surface area contributed by atoms with Crippen molar-refractivity contribution >= 4 is 17.3 Å². The van der Waals surface area contributed by atoms with Crippen molar-refractivity contribution in [3.63, 3.8) is 0 Å². The first kappa shape index (κ1) is 18.4. The van der Waals surface area contributed by atoms with Gasteiger partial charge < -0.3 is 19.6 Å². The molecule has 2 fully saturated rings. The lowest BCUT2D eigenvalue weighted by Crippen LogP contribution is -2.47. The lowest BCUT2D eigenvalue weighted by atomic mass is 10.2. The largest absolute Gasteiger partial charge is 0.368 e. The van der Waals surface area contributed by atoms with Crippen LogP contribution in [0.1, 0.15) is 5.56 Å². The van der Waals surface area contributed by atoms with Crippen molar-refractivity contribution in [2.75, 3.05) is 74.1 Å². The maximum absolute atomic E-state index is 13.9. The smallest absolute Gasteiger partial charge is 0.143 e. The molecule has 2 aliphatic heterocycles. The maximum Gasteiger partial charge on any atom is 0.143 e. The van der Waals surface area contributed by atoms with Crippen LogP contribution in [-0.4, -0.2) is 74.3 Å². The van der Waals surface area contributed by atoms with E-state index in [1.807, 2.05) is 12.1 Å². The average molecular weight is 381 g/mol. The standard InChI is InChI=1S/C20H24FN7/c1-25-4-6-27(7-5-25)19-13-20(24-15-23-19)28-10-8-26(9-11-28)17-3-2-16(14-22)18(21)12-17/h2-3,12-13,15H,4-11H2,1H3. The van der Waals surface area contributed by atoms with Crippen LogP contribution in [0.2, 0.25) is 0 Å². The maximum atomic E-state index is 13.9. The molecule has 2 aromatic rings. The molecule has 146 valence electrons. The first-order chi connectivity index (χ1) is 13.6. The number of hydrogen-bond donors (Lipinski definition) is 0. The highest BCUT2D eigenvalue weighted by atomic mass is 19.1. The van der Waals surface area contributed by atoms with Crippen molar-refractivity contribution < 1.29 is 4.39 Å². The molecule has 2 aliphatic rings. The lowest BCUT2D eigenvalue weighted by molar-refractivity contribution is 0.312. The normalized spacial score (nSPS) is 18.2. The number of rotatable bonds is 3. The van der Waals surface area contributed by atoms with Crippen LogP contribution < -0.4 is 14.7 Å². The fourth-order valence-corrected chi connectivity index (χ4v) is 3.70. The molecule has 0 N–H and O–H groups in total. The molecule has 1 aromatic carbocycles. The Balaban J connectivity index is 1.41. The summed E-state index contributed by atoms with van der Waals surface area (Å²) in [6.07, 6.45) is 1.64. The Morgan fingerprint density at radius 2 is 1.43 bits per heavy atom. The number of likely N-dealkylation sites (N-methyl/N-ethyl adjacent to an activating group) is 1. The van der Waals surface area contributed by atoms with E-state index in [9.17, 15) is 4.39 Å². The van der Waals surface area contributed by atoms with Crippen LogP contribution in [0.5, 0.6) is 0 Å². The second-order valence-electron chi connectivity index (χ2n) is 7.27. The van der Waals surface area contributed by atoms with Crippen LogP contribution in [-0.2, 0) is 0 Å². The molecule has 7 nitrogen and oxygen atoms in total. The molecule has 0 saturated carbocycles. The Morgan fingerprint density at radius 1 is 0.857 bits per heavy atom. The van der Waals surface area contributed by atoms with Gasteiger partial charge >= 0.3 is 0 Å². The van der Waals surface area contributed by atoms with Crippen molar-refractivity contribution in [1.82, 2.24) is 14.9 Å². The number of nitriles is 1. The van der Waals surface area contributed by atoms with Gasteiger partial charge in [0.2, 0.25) is 0 Å². The van der Waals surface area contributed by atoms with E-state index in [4.69, 9.17) is 5.26 Å². The molecule has 0 unspecified atom stereocenters. The molecule has 1 aromatic heterocycles. The highest BCUT2D eigenvalue weighted by molar-refractivity contribution is 5.54. The summed E-state index contributed by atoms with van der Waals surface area (Å²) in [4.78, 5) is 18.0. The second kappa shape index (κ2) is 7.98. The molecule has 0 amide bonds. The SMILES string of the molecule is CN1CCN(c2cc(N3CCN(c4ccc(C#N)c(F)c4)CC3)ncn2)CC1. The number of aromatic nitrogens is 2. The molecule has 0 atom stereocenters. The van der Waals surface area contributed by atoms with Crippen molar-refractivity contribution in [1.29, 1.82) is 5.26 Å². The Morgan fingerprint density at radius 3 is 2.00 bits per heavy atom. The Labute approximate surface area is 164 Å². The van der Waals surface area contributed by atoms with Crippen LogP contribution in [0, 0.1) is 17.1 Å². The zero-order chi connectivity index (χ0) is 19.5. The number of hydrogen-bond acceptors (Lipinski definition) is 7. The topological polar surface area (TPSA) is 62.5 Å². The fourth-order valence-electron chi connectivity index (χ4n) is 3.70.